The lowest BCUT2D eigenvalue weighted by atomic mass is 10.1. The maximum absolute atomic E-state index is 13.0. The van der Waals surface area contributed by atoms with Crippen molar-refractivity contribution in [3.63, 3.8) is 0 Å². The summed E-state index contributed by atoms with van der Waals surface area (Å²) in [6.07, 6.45) is 2.66. The van der Waals surface area contributed by atoms with Gasteiger partial charge >= 0.3 is 0 Å². The third-order valence-electron chi connectivity index (χ3n) is 6.21. The third kappa shape index (κ3) is 3.98. The van der Waals surface area contributed by atoms with Crippen LogP contribution in [0, 0.1) is 12.8 Å². The predicted octanol–water partition coefficient (Wildman–Crippen LogP) is 3.77. The van der Waals surface area contributed by atoms with E-state index in [4.69, 9.17) is 0 Å². The second-order valence-corrected chi connectivity index (χ2v) is 8.52. The highest BCUT2D eigenvalue weighted by Gasteiger charge is 2.35. The van der Waals surface area contributed by atoms with Crippen molar-refractivity contribution in [2.75, 3.05) is 34.8 Å². The molecule has 5 rings (SSSR count). The van der Waals surface area contributed by atoms with E-state index in [1.807, 2.05) is 55.5 Å². The molecule has 0 radical (unpaired) electrons. The van der Waals surface area contributed by atoms with Crippen molar-refractivity contribution < 1.29 is 9.59 Å². The molecule has 7 nitrogen and oxygen atoms in total. The number of carbonyl (C=O) groups excluding carboxylic acids is 2. The maximum Gasteiger partial charge on any atom is 0.230 e. The summed E-state index contributed by atoms with van der Waals surface area (Å²) in [5, 5.41) is 7.49. The van der Waals surface area contributed by atoms with Crippen LogP contribution in [0.2, 0.25) is 0 Å². The molecule has 7 heteroatoms. The number of aromatic nitrogens is 2. The Kier molecular flexibility index (Phi) is 5.39. The van der Waals surface area contributed by atoms with Gasteiger partial charge in [0.1, 0.15) is 5.82 Å². The number of amides is 2. The molecule has 0 aliphatic carbocycles. The van der Waals surface area contributed by atoms with Crippen molar-refractivity contribution >= 4 is 29.0 Å². The number of benzene rings is 2. The van der Waals surface area contributed by atoms with Crippen molar-refractivity contribution in [3.05, 3.63) is 66.4 Å². The quantitative estimate of drug-likeness (QED) is 0.670. The summed E-state index contributed by atoms with van der Waals surface area (Å²) < 4.78 is 1.72. The standard InChI is InChI=1S/C25H27N5O2/c1-18-15-23(30(27-18)22-7-3-2-4-8-22)26-25(32)19-16-24(31)29(17-19)21-11-9-20(10-12-21)28-13-5-6-14-28/h2-4,7-12,15,19H,5-6,13-14,16-17H2,1H3,(H,26,32). The van der Waals surface area contributed by atoms with Crippen LogP contribution in [0.3, 0.4) is 0 Å². The lowest BCUT2D eigenvalue weighted by molar-refractivity contribution is -0.122. The van der Waals surface area contributed by atoms with Crippen molar-refractivity contribution in [2.24, 2.45) is 5.92 Å². The monoisotopic (exact) mass is 429 g/mol. The van der Waals surface area contributed by atoms with Gasteiger partial charge in [-0.2, -0.15) is 5.10 Å². The zero-order chi connectivity index (χ0) is 22.1. The highest BCUT2D eigenvalue weighted by Crippen LogP contribution is 2.29. The minimum Gasteiger partial charge on any atom is -0.372 e. The largest absolute Gasteiger partial charge is 0.372 e. The van der Waals surface area contributed by atoms with Crippen molar-refractivity contribution in [1.29, 1.82) is 0 Å². The molecular weight excluding hydrogens is 402 g/mol. The van der Waals surface area contributed by atoms with Gasteiger partial charge in [0.25, 0.3) is 0 Å². The van der Waals surface area contributed by atoms with Crippen LogP contribution < -0.4 is 15.1 Å². The number of hydrogen-bond donors (Lipinski definition) is 1. The molecule has 1 unspecified atom stereocenters. The fourth-order valence-corrected chi connectivity index (χ4v) is 4.53. The zero-order valence-corrected chi connectivity index (χ0v) is 18.2. The number of nitrogens with one attached hydrogen (secondary N) is 1. The molecule has 2 saturated heterocycles. The number of hydrogen-bond acceptors (Lipinski definition) is 4. The number of rotatable bonds is 5. The van der Waals surface area contributed by atoms with E-state index >= 15 is 0 Å². The molecule has 1 atom stereocenters. The smallest absolute Gasteiger partial charge is 0.230 e. The van der Waals surface area contributed by atoms with E-state index in [1.54, 1.807) is 9.58 Å². The first-order chi connectivity index (χ1) is 15.6. The predicted molar refractivity (Wildman–Crippen MR) is 125 cm³/mol. The van der Waals surface area contributed by atoms with Crippen LogP contribution in [-0.4, -0.2) is 41.2 Å². The first-order valence-corrected chi connectivity index (χ1v) is 11.2. The molecule has 2 aromatic carbocycles. The van der Waals surface area contributed by atoms with Crippen LogP contribution in [0.25, 0.3) is 5.69 Å². The molecule has 164 valence electrons. The Bertz CT molecular complexity index is 1120. The highest BCUT2D eigenvalue weighted by atomic mass is 16.2. The molecule has 0 saturated carbocycles. The van der Waals surface area contributed by atoms with Crippen molar-refractivity contribution in [2.45, 2.75) is 26.2 Å². The van der Waals surface area contributed by atoms with Gasteiger partial charge in [-0.1, -0.05) is 18.2 Å². The van der Waals surface area contributed by atoms with Gasteiger partial charge in [-0.15, -0.1) is 0 Å². The van der Waals surface area contributed by atoms with E-state index < -0.39 is 5.92 Å². The normalized spacial score (nSPS) is 18.4. The van der Waals surface area contributed by atoms with Gasteiger partial charge < -0.3 is 15.1 Å². The van der Waals surface area contributed by atoms with Crippen LogP contribution in [-0.2, 0) is 9.59 Å². The number of carbonyl (C=O) groups is 2. The number of nitrogens with zero attached hydrogens (tertiary/aromatic N) is 4. The SMILES string of the molecule is Cc1cc(NC(=O)C2CC(=O)N(c3ccc(N4CCCC4)cc3)C2)n(-c2ccccc2)n1. The fraction of sp³-hybridized carbons (Fsp3) is 0.320. The number of para-hydroxylation sites is 1. The molecule has 1 aromatic heterocycles. The molecule has 2 aliphatic rings. The molecule has 2 fully saturated rings. The molecule has 32 heavy (non-hydrogen) atoms. The topological polar surface area (TPSA) is 70.5 Å². The van der Waals surface area contributed by atoms with Gasteiger partial charge in [-0.25, -0.2) is 4.68 Å². The first kappa shape index (κ1) is 20.3. The lowest BCUT2D eigenvalue weighted by Crippen LogP contribution is -2.28. The molecule has 0 bridgehead atoms. The number of anilines is 3. The second kappa shape index (κ2) is 8.49. The van der Waals surface area contributed by atoms with Crippen LogP contribution in [0.5, 0.6) is 0 Å². The molecule has 2 amide bonds. The molecule has 3 heterocycles. The van der Waals surface area contributed by atoms with Crippen LogP contribution >= 0.6 is 0 Å². The summed E-state index contributed by atoms with van der Waals surface area (Å²) in [6, 6.07) is 19.6. The average Bonchev–Trinajstić information content (AvgIpc) is 3.55. The van der Waals surface area contributed by atoms with E-state index in [1.165, 1.54) is 18.5 Å². The van der Waals surface area contributed by atoms with Crippen LogP contribution in [0.4, 0.5) is 17.2 Å². The Morgan fingerprint density at radius 3 is 2.38 bits per heavy atom. The molecule has 1 N–H and O–H groups in total. The molecule has 3 aromatic rings. The minimum atomic E-state index is -0.403. The van der Waals surface area contributed by atoms with Gasteiger partial charge in [0.2, 0.25) is 11.8 Å². The van der Waals surface area contributed by atoms with E-state index in [0.29, 0.717) is 12.4 Å². The molecule has 2 aliphatic heterocycles. The van der Waals surface area contributed by atoms with Crippen molar-refractivity contribution in [3.8, 4) is 5.69 Å². The van der Waals surface area contributed by atoms with Gasteiger partial charge in [0.05, 0.1) is 17.3 Å². The summed E-state index contributed by atoms with van der Waals surface area (Å²) in [4.78, 5) is 29.8. The summed E-state index contributed by atoms with van der Waals surface area (Å²) in [5.41, 5.74) is 3.72. The summed E-state index contributed by atoms with van der Waals surface area (Å²) >= 11 is 0. The Labute approximate surface area is 187 Å². The summed E-state index contributed by atoms with van der Waals surface area (Å²) in [5.74, 6) is 0.0261. The highest BCUT2D eigenvalue weighted by molar-refractivity contribution is 6.03. The Balaban J connectivity index is 1.28. The van der Waals surface area contributed by atoms with E-state index in [9.17, 15) is 9.59 Å². The maximum atomic E-state index is 13.0. The summed E-state index contributed by atoms with van der Waals surface area (Å²) in [7, 11) is 0. The molecule has 0 spiro atoms. The van der Waals surface area contributed by atoms with Gasteiger partial charge in [0, 0.05) is 43.5 Å². The number of aryl methyl sites for hydroxylation is 1. The Morgan fingerprint density at radius 2 is 1.66 bits per heavy atom. The Morgan fingerprint density at radius 1 is 0.969 bits per heavy atom. The molecular formula is C25H27N5O2. The Hall–Kier alpha value is -3.61. The zero-order valence-electron chi connectivity index (χ0n) is 18.2. The van der Waals surface area contributed by atoms with Crippen molar-refractivity contribution in [1.82, 2.24) is 9.78 Å². The summed E-state index contributed by atoms with van der Waals surface area (Å²) in [6.45, 7) is 4.44. The van der Waals surface area contributed by atoms with Gasteiger partial charge in [-0.3, -0.25) is 9.59 Å². The van der Waals surface area contributed by atoms with Gasteiger partial charge in [0.15, 0.2) is 0 Å². The third-order valence-corrected chi connectivity index (χ3v) is 6.21. The van der Waals surface area contributed by atoms with Crippen LogP contribution in [0.15, 0.2) is 60.7 Å². The van der Waals surface area contributed by atoms with E-state index in [0.717, 1.165) is 30.2 Å². The second-order valence-electron chi connectivity index (χ2n) is 8.52. The van der Waals surface area contributed by atoms with E-state index in [-0.39, 0.29) is 18.2 Å². The van der Waals surface area contributed by atoms with Crippen LogP contribution in [0.1, 0.15) is 25.0 Å². The lowest BCUT2D eigenvalue weighted by Gasteiger charge is -2.20. The van der Waals surface area contributed by atoms with Gasteiger partial charge in [-0.05, 0) is 56.2 Å². The average molecular weight is 430 g/mol. The minimum absolute atomic E-state index is 0.0215. The van der Waals surface area contributed by atoms with E-state index in [2.05, 4.69) is 27.4 Å². The fourth-order valence-electron chi connectivity index (χ4n) is 4.53. The first-order valence-electron chi connectivity index (χ1n) is 11.2.